The quantitative estimate of drug-likeness (QED) is 0.725. The molecule has 0 saturated carbocycles. The number of hydrogen-bond donors (Lipinski definition) is 1. The molecule has 4 rings (SSSR count). The smallest absolute Gasteiger partial charge is 0.267 e. The Balaban J connectivity index is 1.95. The summed E-state index contributed by atoms with van der Waals surface area (Å²) in [6, 6.07) is 4.41. The molecule has 3 heterocycles. The molecule has 0 radical (unpaired) electrons. The second-order valence-electron chi connectivity index (χ2n) is 6.25. The molecule has 1 aromatic carbocycles. The molecular formula is C17H14Cl2F2N4O. The van der Waals surface area contributed by atoms with E-state index in [4.69, 9.17) is 23.2 Å². The van der Waals surface area contributed by atoms with Crippen LogP contribution in [0.4, 0.5) is 14.6 Å². The standard InChI is InChI=1S/C17H14Cl2F2N4O/c18-12-2-1-11-13(24-4-3-22-9-24)5-14(23-16(11)15(12)19)25-8-17(20,21)6-10(25)7-26/h1-5,9-10,26H,6-8H2/t10-/m0/s1. The predicted molar refractivity (Wildman–Crippen MR) is 96.7 cm³/mol. The van der Waals surface area contributed by atoms with E-state index < -0.39 is 24.9 Å². The fraction of sp³-hybridized carbons (Fsp3) is 0.294. The van der Waals surface area contributed by atoms with E-state index in [1.54, 1.807) is 41.5 Å². The number of imidazole rings is 1. The van der Waals surface area contributed by atoms with Gasteiger partial charge in [-0.25, -0.2) is 18.7 Å². The normalized spacial score (nSPS) is 19.4. The van der Waals surface area contributed by atoms with Crippen molar-refractivity contribution in [1.29, 1.82) is 0 Å². The van der Waals surface area contributed by atoms with Crippen molar-refractivity contribution in [3.8, 4) is 5.69 Å². The lowest BCUT2D eigenvalue weighted by molar-refractivity contribution is 0.0201. The summed E-state index contributed by atoms with van der Waals surface area (Å²) < 4.78 is 29.6. The highest BCUT2D eigenvalue weighted by Crippen LogP contribution is 2.39. The highest BCUT2D eigenvalue weighted by Gasteiger charge is 2.45. The highest BCUT2D eigenvalue weighted by atomic mass is 35.5. The van der Waals surface area contributed by atoms with E-state index >= 15 is 0 Å². The first kappa shape index (κ1) is 17.5. The summed E-state index contributed by atoms with van der Waals surface area (Å²) in [6.45, 7) is -0.905. The average Bonchev–Trinajstić information content (AvgIpc) is 3.24. The van der Waals surface area contributed by atoms with Gasteiger partial charge in [0.1, 0.15) is 5.82 Å². The lowest BCUT2D eigenvalue weighted by Gasteiger charge is -2.25. The number of nitrogens with zero attached hydrogens (tertiary/aromatic N) is 4. The van der Waals surface area contributed by atoms with Crippen molar-refractivity contribution >= 4 is 39.9 Å². The van der Waals surface area contributed by atoms with Gasteiger partial charge in [-0.15, -0.1) is 0 Å². The van der Waals surface area contributed by atoms with Gasteiger partial charge >= 0.3 is 0 Å². The molecule has 0 aliphatic carbocycles. The van der Waals surface area contributed by atoms with Crippen LogP contribution in [0, 0.1) is 0 Å². The Morgan fingerprint density at radius 3 is 2.81 bits per heavy atom. The Hall–Kier alpha value is -1.96. The molecule has 1 fully saturated rings. The Bertz CT molecular complexity index is 965. The van der Waals surface area contributed by atoms with Crippen LogP contribution in [-0.2, 0) is 0 Å². The SMILES string of the molecule is OC[C@@H]1CC(F)(F)CN1c1cc(-n2ccnc2)c2ccc(Cl)c(Cl)c2n1. The number of aliphatic hydroxyl groups excluding tert-OH is 1. The summed E-state index contributed by atoms with van der Waals surface area (Å²) in [5, 5.41) is 10.8. The fourth-order valence-corrected chi connectivity index (χ4v) is 3.65. The van der Waals surface area contributed by atoms with Gasteiger partial charge in [-0.1, -0.05) is 23.2 Å². The van der Waals surface area contributed by atoms with Gasteiger partial charge in [0.05, 0.1) is 46.8 Å². The number of fused-ring (bicyclic) bond motifs is 1. The number of hydrogen-bond acceptors (Lipinski definition) is 4. The van der Waals surface area contributed by atoms with E-state index in [1.807, 2.05) is 0 Å². The van der Waals surface area contributed by atoms with Gasteiger partial charge in [0.25, 0.3) is 5.92 Å². The lowest BCUT2D eigenvalue weighted by atomic mass is 10.1. The van der Waals surface area contributed by atoms with Crippen molar-refractivity contribution in [3.05, 3.63) is 47.0 Å². The number of benzene rings is 1. The zero-order valence-electron chi connectivity index (χ0n) is 13.4. The van der Waals surface area contributed by atoms with Crippen LogP contribution in [0.3, 0.4) is 0 Å². The minimum absolute atomic E-state index is 0.249. The lowest BCUT2D eigenvalue weighted by Crippen LogP contribution is -2.33. The van der Waals surface area contributed by atoms with Gasteiger partial charge in [0.2, 0.25) is 0 Å². The first-order valence-electron chi connectivity index (χ1n) is 7.92. The van der Waals surface area contributed by atoms with E-state index in [0.29, 0.717) is 27.4 Å². The molecule has 0 spiro atoms. The zero-order chi connectivity index (χ0) is 18.5. The maximum atomic E-state index is 13.9. The molecule has 9 heteroatoms. The summed E-state index contributed by atoms with van der Waals surface area (Å²) in [7, 11) is 0. The molecule has 0 amide bonds. The van der Waals surface area contributed by atoms with Crippen molar-refractivity contribution in [3.63, 3.8) is 0 Å². The number of anilines is 1. The monoisotopic (exact) mass is 398 g/mol. The largest absolute Gasteiger partial charge is 0.394 e. The van der Waals surface area contributed by atoms with Crippen LogP contribution < -0.4 is 4.90 Å². The minimum atomic E-state index is -2.89. The summed E-state index contributed by atoms with van der Waals surface area (Å²) in [6.07, 6.45) is 4.53. The molecule has 1 N–H and O–H groups in total. The van der Waals surface area contributed by atoms with Crippen LogP contribution in [0.5, 0.6) is 0 Å². The van der Waals surface area contributed by atoms with Gasteiger partial charge in [-0.2, -0.15) is 0 Å². The predicted octanol–water partition coefficient (Wildman–Crippen LogP) is 3.93. The topological polar surface area (TPSA) is 54.2 Å². The molecule has 1 atom stereocenters. The van der Waals surface area contributed by atoms with Gasteiger partial charge in [-0.05, 0) is 12.1 Å². The van der Waals surface area contributed by atoms with Crippen LogP contribution in [0.25, 0.3) is 16.6 Å². The molecule has 1 aliphatic heterocycles. The first-order chi connectivity index (χ1) is 12.4. The second kappa shape index (κ2) is 6.33. The van der Waals surface area contributed by atoms with E-state index in [1.165, 1.54) is 4.90 Å². The van der Waals surface area contributed by atoms with E-state index in [0.717, 1.165) is 0 Å². The maximum Gasteiger partial charge on any atom is 0.267 e. The number of alkyl halides is 2. The summed E-state index contributed by atoms with van der Waals surface area (Å²) >= 11 is 12.4. The van der Waals surface area contributed by atoms with Gasteiger partial charge < -0.3 is 14.6 Å². The van der Waals surface area contributed by atoms with Gasteiger partial charge in [-0.3, -0.25) is 0 Å². The molecule has 5 nitrogen and oxygen atoms in total. The Labute approximate surface area is 157 Å². The van der Waals surface area contributed by atoms with Crippen molar-refractivity contribution < 1.29 is 13.9 Å². The highest BCUT2D eigenvalue weighted by molar-refractivity contribution is 6.45. The molecule has 136 valence electrons. The van der Waals surface area contributed by atoms with Crippen LogP contribution in [0.1, 0.15) is 6.42 Å². The third-order valence-corrected chi connectivity index (χ3v) is 5.30. The Morgan fingerprint density at radius 1 is 1.31 bits per heavy atom. The van der Waals surface area contributed by atoms with Crippen LogP contribution >= 0.6 is 23.2 Å². The molecule has 0 bridgehead atoms. The minimum Gasteiger partial charge on any atom is -0.394 e. The zero-order valence-corrected chi connectivity index (χ0v) is 14.9. The molecule has 1 saturated heterocycles. The Kier molecular flexibility index (Phi) is 4.25. The average molecular weight is 399 g/mol. The summed E-state index contributed by atoms with van der Waals surface area (Å²) in [5.74, 6) is -2.58. The van der Waals surface area contributed by atoms with Gasteiger partial charge in [0.15, 0.2) is 0 Å². The van der Waals surface area contributed by atoms with Crippen molar-refractivity contribution in [2.24, 2.45) is 0 Å². The molecule has 0 unspecified atom stereocenters. The van der Waals surface area contributed by atoms with Crippen LogP contribution in [0.2, 0.25) is 10.0 Å². The third-order valence-electron chi connectivity index (χ3n) is 4.50. The summed E-state index contributed by atoms with van der Waals surface area (Å²) in [5.41, 5.74) is 1.10. The van der Waals surface area contributed by atoms with E-state index in [-0.39, 0.29) is 11.6 Å². The fourth-order valence-electron chi connectivity index (χ4n) is 3.29. The van der Waals surface area contributed by atoms with Crippen LogP contribution in [-0.4, -0.2) is 44.8 Å². The van der Waals surface area contributed by atoms with Crippen molar-refractivity contribution in [2.75, 3.05) is 18.1 Å². The molecule has 26 heavy (non-hydrogen) atoms. The Morgan fingerprint density at radius 2 is 2.12 bits per heavy atom. The third kappa shape index (κ3) is 2.90. The number of aliphatic hydroxyl groups is 1. The number of aromatic nitrogens is 3. The molecule has 1 aliphatic rings. The second-order valence-corrected chi connectivity index (χ2v) is 7.04. The van der Waals surface area contributed by atoms with Crippen molar-refractivity contribution in [1.82, 2.24) is 14.5 Å². The molecular weight excluding hydrogens is 385 g/mol. The van der Waals surface area contributed by atoms with Crippen LogP contribution in [0.15, 0.2) is 36.9 Å². The van der Waals surface area contributed by atoms with E-state index in [2.05, 4.69) is 9.97 Å². The van der Waals surface area contributed by atoms with E-state index in [9.17, 15) is 13.9 Å². The first-order valence-corrected chi connectivity index (χ1v) is 8.67. The number of halogens is 4. The number of rotatable bonds is 3. The maximum absolute atomic E-state index is 13.9. The molecule has 3 aromatic rings. The van der Waals surface area contributed by atoms with Gasteiger partial charge in [0, 0.05) is 30.3 Å². The van der Waals surface area contributed by atoms with Crippen molar-refractivity contribution in [2.45, 2.75) is 18.4 Å². The number of pyridine rings is 1. The summed E-state index contributed by atoms with van der Waals surface area (Å²) in [4.78, 5) is 9.93. The molecule has 2 aromatic heterocycles.